The maximum atomic E-state index is 10.5. The van der Waals surface area contributed by atoms with E-state index in [1.54, 1.807) is 6.20 Å². The number of aliphatic carboxylic acids is 1. The van der Waals surface area contributed by atoms with Crippen molar-refractivity contribution in [2.75, 3.05) is 5.75 Å². The Bertz CT molecular complexity index is 338. The first-order valence-corrected chi connectivity index (χ1v) is 6.55. The summed E-state index contributed by atoms with van der Waals surface area (Å²) < 4.78 is 2.09. The van der Waals surface area contributed by atoms with Crippen LogP contribution in [0.25, 0.3) is 0 Å². The van der Waals surface area contributed by atoms with Gasteiger partial charge in [-0.3, -0.25) is 4.79 Å². The van der Waals surface area contributed by atoms with Crippen molar-refractivity contribution < 1.29 is 9.90 Å². The van der Waals surface area contributed by atoms with Crippen LogP contribution in [0.4, 0.5) is 0 Å². The number of aromatic nitrogens is 2. The second kappa shape index (κ2) is 6.58. The maximum Gasteiger partial charge on any atom is 0.313 e. The van der Waals surface area contributed by atoms with E-state index in [9.17, 15) is 4.79 Å². The molecule has 1 unspecified atom stereocenters. The van der Waals surface area contributed by atoms with Gasteiger partial charge >= 0.3 is 5.97 Å². The molecule has 0 spiro atoms. The Morgan fingerprint density at radius 3 is 2.94 bits per heavy atom. The van der Waals surface area contributed by atoms with Crippen LogP contribution in [0.1, 0.15) is 39.2 Å². The van der Waals surface area contributed by atoms with Gasteiger partial charge in [-0.1, -0.05) is 32.0 Å². The Balaban J connectivity index is 2.71. The topological polar surface area (TPSA) is 55.1 Å². The molecule has 4 nitrogen and oxygen atoms in total. The number of rotatable bonds is 7. The first-order valence-electron chi connectivity index (χ1n) is 5.56. The summed E-state index contributed by atoms with van der Waals surface area (Å²) >= 11 is 1.28. The summed E-state index contributed by atoms with van der Waals surface area (Å²) in [5.74, 6) is -0.734. The molecule has 1 heterocycles. The number of nitrogens with zero attached hydrogens (tertiary/aromatic N) is 2. The molecule has 16 heavy (non-hydrogen) atoms. The Hall–Kier alpha value is -0.970. The van der Waals surface area contributed by atoms with Gasteiger partial charge in [0.05, 0.1) is 5.75 Å². The fourth-order valence-electron chi connectivity index (χ4n) is 1.69. The monoisotopic (exact) mass is 242 g/mol. The third-order valence-electron chi connectivity index (χ3n) is 2.44. The van der Waals surface area contributed by atoms with E-state index in [1.165, 1.54) is 11.8 Å². The highest BCUT2D eigenvalue weighted by atomic mass is 32.2. The van der Waals surface area contributed by atoms with Gasteiger partial charge in [0.25, 0.3) is 0 Å². The third-order valence-corrected chi connectivity index (χ3v) is 3.41. The molecule has 0 radical (unpaired) electrons. The number of imidazole rings is 1. The van der Waals surface area contributed by atoms with Crippen LogP contribution in [0.3, 0.4) is 0 Å². The highest BCUT2D eigenvalue weighted by Gasteiger charge is 2.13. The molecule has 0 aromatic carbocycles. The van der Waals surface area contributed by atoms with Gasteiger partial charge in [-0.25, -0.2) is 4.98 Å². The maximum absolute atomic E-state index is 10.5. The predicted octanol–water partition coefficient (Wildman–Crippen LogP) is 2.81. The van der Waals surface area contributed by atoms with Crippen LogP contribution in [-0.4, -0.2) is 26.4 Å². The van der Waals surface area contributed by atoms with Crippen LogP contribution in [-0.2, 0) is 4.79 Å². The molecule has 0 fully saturated rings. The lowest BCUT2D eigenvalue weighted by molar-refractivity contribution is -0.133. The average Bonchev–Trinajstić information content (AvgIpc) is 2.71. The first-order chi connectivity index (χ1) is 7.69. The Kier molecular flexibility index (Phi) is 5.38. The standard InChI is InChI=1S/C11H18N2O2S/c1-3-5-9(4-2)13-7-6-12-11(13)16-8-10(14)15/h6-7,9H,3-5,8H2,1-2H3,(H,14,15). The largest absolute Gasteiger partial charge is 0.481 e. The van der Waals surface area contributed by atoms with Crippen LogP contribution in [0, 0.1) is 0 Å². The third kappa shape index (κ3) is 3.56. The number of hydrogen-bond donors (Lipinski definition) is 1. The Morgan fingerprint density at radius 1 is 1.62 bits per heavy atom. The minimum Gasteiger partial charge on any atom is -0.481 e. The Labute approximate surface area is 100 Å². The molecule has 0 aliphatic rings. The average molecular weight is 242 g/mol. The van der Waals surface area contributed by atoms with Crippen molar-refractivity contribution in [1.82, 2.24) is 9.55 Å². The van der Waals surface area contributed by atoms with Crippen molar-refractivity contribution in [3.8, 4) is 0 Å². The summed E-state index contributed by atoms with van der Waals surface area (Å²) in [6.07, 6.45) is 6.95. The molecule has 0 amide bonds. The number of carboxylic acid groups (broad SMARTS) is 1. The summed E-state index contributed by atoms with van der Waals surface area (Å²) in [5, 5.41) is 9.45. The van der Waals surface area contributed by atoms with E-state index in [0.717, 1.165) is 24.4 Å². The van der Waals surface area contributed by atoms with Crippen molar-refractivity contribution in [2.45, 2.75) is 44.3 Å². The molecule has 1 N–H and O–H groups in total. The number of carbonyl (C=O) groups is 1. The van der Waals surface area contributed by atoms with Crippen molar-refractivity contribution in [1.29, 1.82) is 0 Å². The highest BCUT2D eigenvalue weighted by Crippen LogP contribution is 2.24. The summed E-state index contributed by atoms with van der Waals surface area (Å²) in [6.45, 7) is 4.30. The molecule has 90 valence electrons. The van der Waals surface area contributed by atoms with Crippen LogP contribution in [0.5, 0.6) is 0 Å². The molecule has 0 aliphatic heterocycles. The lowest BCUT2D eigenvalue weighted by Gasteiger charge is -2.17. The molecule has 0 saturated carbocycles. The van der Waals surface area contributed by atoms with Gasteiger partial charge in [0.1, 0.15) is 0 Å². The molecular formula is C11H18N2O2S. The molecule has 1 aromatic rings. The lowest BCUT2D eigenvalue weighted by atomic mass is 10.1. The highest BCUT2D eigenvalue weighted by molar-refractivity contribution is 7.99. The predicted molar refractivity (Wildman–Crippen MR) is 64.8 cm³/mol. The number of hydrogen-bond acceptors (Lipinski definition) is 3. The molecule has 0 saturated heterocycles. The van der Waals surface area contributed by atoms with Crippen LogP contribution in [0.15, 0.2) is 17.6 Å². The lowest BCUT2D eigenvalue weighted by Crippen LogP contribution is -2.09. The van der Waals surface area contributed by atoms with Crippen molar-refractivity contribution in [3.05, 3.63) is 12.4 Å². The van der Waals surface area contributed by atoms with Crippen molar-refractivity contribution in [2.24, 2.45) is 0 Å². The van der Waals surface area contributed by atoms with Gasteiger partial charge < -0.3 is 9.67 Å². The quantitative estimate of drug-likeness (QED) is 0.747. The van der Waals surface area contributed by atoms with E-state index >= 15 is 0 Å². The van der Waals surface area contributed by atoms with E-state index in [2.05, 4.69) is 23.4 Å². The minimum atomic E-state index is -0.803. The van der Waals surface area contributed by atoms with Gasteiger partial charge in [0.15, 0.2) is 5.16 Å². The summed E-state index contributed by atoms with van der Waals surface area (Å²) in [7, 11) is 0. The number of thioether (sulfide) groups is 1. The van der Waals surface area contributed by atoms with E-state index < -0.39 is 5.97 Å². The van der Waals surface area contributed by atoms with Crippen molar-refractivity contribution in [3.63, 3.8) is 0 Å². The molecular weight excluding hydrogens is 224 g/mol. The molecule has 1 aromatic heterocycles. The zero-order valence-corrected chi connectivity index (χ0v) is 10.5. The molecule has 0 aliphatic carbocycles. The van der Waals surface area contributed by atoms with E-state index in [0.29, 0.717) is 6.04 Å². The minimum absolute atomic E-state index is 0.0690. The van der Waals surface area contributed by atoms with Crippen LogP contribution < -0.4 is 0 Å². The molecule has 1 rings (SSSR count). The molecule has 0 bridgehead atoms. The smallest absolute Gasteiger partial charge is 0.313 e. The molecule has 1 atom stereocenters. The number of carboxylic acids is 1. The second-order valence-corrected chi connectivity index (χ2v) is 4.59. The summed E-state index contributed by atoms with van der Waals surface area (Å²) in [4.78, 5) is 14.7. The summed E-state index contributed by atoms with van der Waals surface area (Å²) in [5.41, 5.74) is 0. The first kappa shape index (κ1) is 13.1. The molecule has 5 heteroatoms. The Morgan fingerprint density at radius 2 is 2.38 bits per heavy atom. The van der Waals surface area contributed by atoms with Crippen LogP contribution >= 0.6 is 11.8 Å². The summed E-state index contributed by atoms with van der Waals surface area (Å²) in [6, 6.07) is 0.434. The van der Waals surface area contributed by atoms with E-state index in [4.69, 9.17) is 5.11 Å². The normalized spacial score (nSPS) is 12.6. The van der Waals surface area contributed by atoms with Gasteiger partial charge in [-0.05, 0) is 12.8 Å². The second-order valence-electron chi connectivity index (χ2n) is 3.65. The van der Waals surface area contributed by atoms with Gasteiger partial charge in [0, 0.05) is 18.4 Å². The zero-order chi connectivity index (χ0) is 12.0. The van der Waals surface area contributed by atoms with E-state index in [1.807, 2.05) is 6.20 Å². The van der Waals surface area contributed by atoms with Crippen molar-refractivity contribution >= 4 is 17.7 Å². The zero-order valence-electron chi connectivity index (χ0n) is 9.72. The SMILES string of the molecule is CCCC(CC)n1ccnc1SCC(=O)O. The van der Waals surface area contributed by atoms with Crippen LogP contribution in [0.2, 0.25) is 0 Å². The van der Waals surface area contributed by atoms with Gasteiger partial charge in [-0.2, -0.15) is 0 Å². The van der Waals surface area contributed by atoms with Gasteiger partial charge in [-0.15, -0.1) is 0 Å². The van der Waals surface area contributed by atoms with Gasteiger partial charge in [0.2, 0.25) is 0 Å². The fraction of sp³-hybridized carbons (Fsp3) is 0.636. The van der Waals surface area contributed by atoms with E-state index in [-0.39, 0.29) is 5.75 Å². The fourth-order valence-corrected chi connectivity index (χ4v) is 2.44.